The smallest absolute Gasteiger partial charge is 0.220 e. The van der Waals surface area contributed by atoms with E-state index in [9.17, 15) is 15.0 Å². The summed E-state index contributed by atoms with van der Waals surface area (Å²) in [6.07, 6.45) is 20.0. The molecular formula is C26H49NO3. The standard InChI is InChI=1S/C26H49NO3/c1-3-5-7-9-10-11-12-13-14-15-16-18-19-21-25(29)24(23-28)27-26(30)22-20-17-8-6-4-2/h24-25,28-29H,3-18,20,22-23H2,1-2H3,(H,27,30)/t24-,25+/m0/s1. The second-order valence-corrected chi connectivity index (χ2v) is 8.57. The molecule has 2 atom stereocenters. The zero-order valence-electron chi connectivity index (χ0n) is 19.9. The Morgan fingerprint density at radius 3 is 1.73 bits per heavy atom. The molecule has 0 saturated heterocycles. The lowest BCUT2D eigenvalue weighted by molar-refractivity contribution is -0.122. The lowest BCUT2D eigenvalue weighted by Crippen LogP contribution is -2.45. The third-order valence-corrected chi connectivity index (χ3v) is 5.59. The van der Waals surface area contributed by atoms with Gasteiger partial charge in [-0.3, -0.25) is 4.79 Å². The number of nitrogens with one attached hydrogen (secondary N) is 1. The van der Waals surface area contributed by atoms with Crippen molar-refractivity contribution < 1.29 is 15.0 Å². The van der Waals surface area contributed by atoms with Gasteiger partial charge < -0.3 is 15.5 Å². The van der Waals surface area contributed by atoms with Crippen LogP contribution in [0.15, 0.2) is 0 Å². The van der Waals surface area contributed by atoms with Gasteiger partial charge in [0.15, 0.2) is 0 Å². The van der Waals surface area contributed by atoms with Gasteiger partial charge in [0, 0.05) is 12.8 Å². The number of hydrogen-bond acceptors (Lipinski definition) is 3. The molecule has 0 spiro atoms. The van der Waals surface area contributed by atoms with Crippen LogP contribution in [-0.4, -0.2) is 34.9 Å². The van der Waals surface area contributed by atoms with E-state index in [2.05, 4.69) is 31.0 Å². The molecule has 0 unspecified atom stereocenters. The van der Waals surface area contributed by atoms with Gasteiger partial charge in [0.1, 0.15) is 6.10 Å². The first kappa shape index (κ1) is 28.9. The van der Waals surface area contributed by atoms with Crippen LogP contribution in [0.25, 0.3) is 0 Å². The monoisotopic (exact) mass is 423 g/mol. The first-order valence-corrected chi connectivity index (χ1v) is 12.7. The minimum atomic E-state index is -1.01. The molecule has 0 bridgehead atoms. The number of rotatable bonds is 20. The van der Waals surface area contributed by atoms with E-state index in [0.29, 0.717) is 6.42 Å². The average Bonchev–Trinajstić information content (AvgIpc) is 2.75. The molecule has 4 nitrogen and oxygen atoms in total. The minimum Gasteiger partial charge on any atom is -0.394 e. The largest absolute Gasteiger partial charge is 0.394 e. The molecule has 0 aliphatic rings. The van der Waals surface area contributed by atoms with E-state index in [1.165, 1.54) is 77.0 Å². The first-order valence-electron chi connectivity index (χ1n) is 12.7. The molecule has 0 rings (SSSR count). The molecule has 0 radical (unpaired) electrons. The summed E-state index contributed by atoms with van der Waals surface area (Å²) < 4.78 is 0. The lowest BCUT2D eigenvalue weighted by Gasteiger charge is -2.18. The van der Waals surface area contributed by atoms with Gasteiger partial charge in [0.25, 0.3) is 0 Å². The Morgan fingerprint density at radius 2 is 1.23 bits per heavy atom. The third kappa shape index (κ3) is 18.9. The van der Waals surface area contributed by atoms with Crippen LogP contribution < -0.4 is 5.32 Å². The fourth-order valence-corrected chi connectivity index (χ4v) is 3.55. The Hall–Kier alpha value is -1.05. The van der Waals surface area contributed by atoms with Crippen LogP contribution in [0, 0.1) is 11.8 Å². The van der Waals surface area contributed by atoms with E-state index in [1.807, 2.05) is 0 Å². The Bertz CT molecular complexity index is 441. The van der Waals surface area contributed by atoms with Crippen LogP contribution in [-0.2, 0) is 4.79 Å². The quantitative estimate of drug-likeness (QED) is 0.169. The minimum absolute atomic E-state index is 0.114. The summed E-state index contributed by atoms with van der Waals surface area (Å²) in [5.74, 6) is 5.68. The summed E-state index contributed by atoms with van der Waals surface area (Å²) in [5.41, 5.74) is 0. The van der Waals surface area contributed by atoms with Gasteiger partial charge in [0.05, 0.1) is 12.6 Å². The zero-order valence-corrected chi connectivity index (χ0v) is 19.9. The summed E-state index contributed by atoms with van der Waals surface area (Å²) in [6.45, 7) is 4.12. The van der Waals surface area contributed by atoms with Gasteiger partial charge in [-0.15, -0.1) is 5.92 Å². The van der Waals surface area contributed by atoms with Crippen LogP contribution >= 0.6 is 0 Å². The van der Waals surface area contributed by atoms with Gasteiger partial charge in [-0.05, 0) is 12.8 Å². The Kier molecular flexibility index (Phi) is 21.8. The van der Waals surface area contributed by atoms with E-state index < -0.39 is 12.1 Å². The number of hydrogen-bond donors (Lipinski definition) is 3. The predicted octanol–water partition coefficient (Wildman–Crippen LogP) is 5.89. The average molecular weight is 424 g/mol. The maximum atomic E-state index is 12.0. The van der Waals surface area contributed by atoms with Crippen molar-refractivity contribution in [1.29, 1.82) is 0 Å². The van der Waals surface area contributed by atoms with Crippen LogP contribution in [0.2, 0.25) is 0 Å². The van der Waals surface area contributed by atoms with Crippen LogP contribution in [0.5, 0.6) is 0 Å². The Labute approximate surface area is 186 Å². The molecule has 1 amide bonds. The molecule has 0 aromatic carbocycles. The number of carbonyl (C=O) groups excluding carboxylic acids is 1. The fourth-order valence-electron chi connectivity index (χ4n) is 3.55. The van der Waals surface area contributed by atoms with Gasteiger partial charge in [-0.25, -0.2) is 0 Å². The van der Waals surface area contributed by atoms with E-state index >= 15 is 0 Å². The van der Waals surface area contributed by atoms with E-state index in [4.69, 9.17) is 0 Å². The molecule has 0 saturated carbocycles. The normalized spacial score (nSPS) is 12.8. The summed E-state index contributed by atoms with van der Waals surface area (Å²) in [7, 11) is 0. The molecule has 3 N–H and O–H groups in total. The highest BCUT2D eigenvalue weighted by Crippen LogP contribution is 2.11. The number of amides is 1. The van der Waals surface area contributed by atoms with Gasteiger partial charge in [-0.2, -0.15) is 0 Å². The summed E-state index contributed by atoms with van der Waals surface area (Å²) in [6, 6.07) is -0.696. The van der Waals surface area contributed by atoms with E-state index in [-0.39, 0.29) is 12.5 Å². The van der Waals surface area contributed by atoms with Crippen molar-refractivity contribution in [3.05, 3.63) is 0 Å². The van der Waals surface area contributed by atoms with Gasteiger partial charge in [-0.1, -0.05) is 110 Å². The Balaban J connectivity index is 3.73. The summed E-state index contributed by atoms with van der Waals surface area (Å²) in [4.78, 5) is 12.0. The highest BCUT2D eigenvalue weighted by atomic mass is 16.3. The van der Waals surface area contributed by atoms with Crippen LogP contribution in [0.4, 0.5) is 0 Å². The van der Waals surface area contributed by atoms with E-state index in [1.54, 1.807) is 0 Å². The number of aliphatic hydroxyl groups excluding tert-OH is 2. The molecule has 0 heterocycles. The molecule has 0 aliphatic heterocycles. The molecule has 0 aromatic rings. The highest BCUT2D eigenvalue weighted by molar-refractivity contribution is 5.76. The SMILES string of the molecule is CCCCCCCCCCCCCC#C[C@@H](O)[C@H](CO)NC(=O)CCCCCCC. The number of carbonyl (C=O) groups is 1. The Morgan fingerprint density at radius 1 is 0.767 bits per heavy atom. The van der Waals surface area contributed by atoms with Crippen LogP contribution in [0.1, 0.15) is 129 Å². The molecule has 4 heteroatoms. The van der Waals surface area contributed by atoms with Crippen molar-refractivity contribution in [3.8, 4) is 11.8 Å². The third-order valence-electron chi connectivity index (χ3n) is 5.59. The summed E-state index contributed by atoms with van der Waals surface area (Å²) in [5, 5.41) is 22.3. The molecule has 176 valence electrons. The molecule has 0 aliphatic carbocycles. The highest BCUT2D eigenvalue weighted by Gasteiger charge is 2.18. The number of unbranched alkanes of at least 4 members (excludes halogenated alkanes) is 15. The topological polar surface area (TPSA) is 69.6 Å². The van der Waals surface area contributed by atoms with Gasteiger partial charge in [0.2, 0.25) is 5.91 Å². The molecule has 30 heavy (non-hydrogen) atoms. The van der Waals surface area contributed by atoms with E-state index in [0.717, 1.165) is 32.1 Å². The van der Waals surface area contributed by atoms with Crippen molar-refractivity contribution >= 4 is 5.91 Å². The molecule has 0 fully saturated rings. The molecule has 0 aromatic heterocycles. The zero-order chi connectivity index (χ0) is 22.3. The van der Waals surface area contributed by atoms with Gasteiger partial charge >= 0.3 is 0 Å². The van der Waals surface area contributed by atoms with Crippen LogP contribution in [0.3, 0.4) is 0 Å². The maximum absolute atomic E-state index is 12.0. The van der Waals surface area contributed by atoms with Crippen molar-refractivity contribution in [3.63, 3.8) is 0 Å². The van der Waals surface area contributed by atoms with Crippen molar-refractivity contribution in [1.82, 2.24) is 5.32 Å². The molecular weight excluding hydrogens is 374 g/mol. The number of aliphatic hydroxyl groups is 2. The van der Waals surface area contributed by atoms with Crippen molar-refractivity contribution in [2.45, 2.75) is 142 Å². The fraction of sp³-hybridized carbons (Fsp3) is 0.885. The first-order chi connectivity index (χ1) is 14.7. The second-order valence-electron chi connectivity index (χ2n) is 8.57. The lowest BCUT2D eigenvalue weighted by atomic mass is 10.1. The summed E-state index contributed by atoms with van der Waals surface area (Å²) >= 11 is 0. The van der Waals surface area contributed by atoms with Crippen molar-refractivity contribution in [2.24, 2.45) is 0 Å². The predicted molar refractivity (Wildman–Crippen MR) is 127 cm³/mol. The maximum Gasteiger partial charge on any atom is 0.220 e. The second kappa shape index (κ2) is 22.6. The van der Waals surface area contributed by atoms with Crippen molar-refractivity contribution in [2.75, 3.05) is 6.61 Å².